The molecule has 0 spiro atoms. The standard InChI is InChI=1S/C22H26Cl2N2O2/c1-15(2)25-22(28)16(3)26(12-11-17-7-5-4-6-8-17)21(27)13-18-9-10-19(23)14-20(18)24/h4-10,14-16H,11-13H2,1-3H3,(H,25,28)/t16-/m1/s1. The first-order valence-electron chi connectivity index (χ1n) is 9.35. The molecule has 28 heavy (non-hydrogen) atoms. The molecule has 0 fully saturated rings. The minimum Gasteiger partial charge on any atom is -0.352 e. The van der Waals surface area contributed by atoms with Crippen molar-refractivity contribution in [3.63, 3.8) is 0 Å². The molecule has 6 heteroatoms. The van der Waals surface area contributed by atoms with Crippen LogP contribution < -0.4 is 5.32 Å². The summed E-state index contributed by atoms with van der Waals surface area (Å²) in [6.07, 6.45) is 0.782. The molecule has 0 aromatic heterocycles. The van der Waals surface area contributed by atoms with Gasteiger partial charge in [-0.15, -0.1) is 0 Å². The van der Waals surface area contributed by atoms with Crippen molar-refractivity contribution in [2.75, 3.05) is 6.54 Å². The van der Waals surface area contributed by atoms with Crippen LogP contribution in [0.1, 0.15) is 31.9 Å². The average Bonchev–Trinajstić information content (AvgIpc) is 2.64. The Morgan fingerprint density at radius 3 is 2.32 bits per heavy atom. The van der Waals surface area contributed by atoms with Crippen LogP contribution in [-0.4, -0.2) is 35.3 Å². The molecule has 0 heterocycles. The Bertz CT molecular complexity index is 809. The molecule has 2 rings (SSSR count). The Kier molecular flexibility index (Phi) is 8.34. The summed E-state index contributed by atoms with van der Waals surface area (Å²) in [6, 6.07) is 14.4. The Hall–Kier alpha value is -2.04. The number of amides is 2. The summed E-state index contributed by atoms with van der Waals surface area (Å²) < 4.78 is 0. The number of nitrogens with zero attached hydrogens (tertiary/aromatic N) is 1. The molecule has 150 valence electrons. The van der Waals surface area contributed by atoms with Gasteiger partial charge in [0, 0.05) is 22.6 Å². The van der Waals surface area contributed by atoms with E-state index in [0.29, 0.717) is 28.6 Å². The van der Waals surface area contributed by atoms with Gasteiger partial charge in [0.25, 0.3) is 0 Å². The number of carbonyl (C=O) groups is 2. The maximum Gasteiger partial charge on any atom is 0.242 e. The number of benzene rings is 2. The number of nitrogens with one attached hydrogen (secondary N) is 1. The maximum absolute atomic E-state index is 13.1. The van der Waals surface area contributed by atoms with E-state index >= 15 is 0 Å². The van der Waals surface area contributed by atoms with Gasteiger partial charge in [-0.05, 0) is 50.5 Å². The summed E-state index contributed by atoms with van der Waals surface area (Å²) in [5.74, 6) is -0.315. The number of halogens is 2. The van der Waals surface area contributed by atoms with E-state index in [2.05, 4.69) is 5.32 Å². The summed E-state index contributed by atoms with van der Waals surface area (Å²) in [7, 11) is 0. The Balaban J connectivity index is 2.17. The third kappa shape index (κ3) is 6.54. The Labute approximate surface area is 176 Å². The molecule has 0 bridgehead atoms. The van der Waals surface area contributed by atoms with Crippen molar-refractivity contribution in [2.24, 2.45) is 0 Å². The molecule has 1 N–H and O–H groups in total. The monoisotopic (exact) mass is 420 g/mol. The van der Waals surface area contributed by atoms with Crippen LogP contribution >= 0.6 is 23.2 Å². The van der Waals surface area contributed by atoms with Crippen LogP contribution in [0.15, 0.2) is 48.5 Å². The van der Waals surface area contributed by atoms with Crippen molar-refractivity contribution < 1.29 is 9.59 Å². The van der Waals surface area contributed by atoms with E-state index in [1.807, 2.05) is 44.2 Å². The lowest BCUT2D eigenvalue weighted by Gasteiger charge is -2.29. The second-order valence-electron chi connectivity index (χ2n) is 7.07. The molecule has 4 nitrogen and oxygen atoms in total. The molecular formula is C22H26Cl2N2O2. The van der Waals surface area contributed by atoms with E-state index in [1.54, 1.807) is 30.0 Å². The molecule has 0 aliphatic rings. The summed E-state index contributed by atoms with van der Waals surface area (Å²) >= 11 is 12.2. The van der Waals surface area contributed by atoms with Crippen molar-refractivity contribution in [1.82, 2.24) is 10.2 Å². The lowest BCUT2D eigenvalue weighted by molar-refractivity contribution is -0.139. The summed E-state index contributed by atoms with van der Waals surface area (Å²) in [5.41, 5.74) is 1.80. The topological polar surface area (TPSA) is 49.4 Å². The van der Waals surface area contributed by atoms with Crippen LogP contribution in [0.3, 0.4) is 0 Å². The molecular weight excluding hydrogens is 395 g/mol. The first-order chi connectivity index (χ1) is 13.3. The highest BCUT2D eigenvalue weighted by atomic mass is 35.5. The third-order valence-electron chi connectivity index (χ3n) is 4.44. The quantitative estimate of drug-likeness (QED) is 0.682. The molecule has 0 aliphatic heterocycles. The third-order valence-corrected chi connectivity index (χ3v) is 5.03. The van der Waals surface area contributed by atoms with Crippen molar-refractivity contribution in [3.8, 4) is 0 Å². The molecule has 2 aromatic rings. The van der Waals surface area contributed by atoms with E-state index in [1.165, 1.54) is 0 Å². The van der Waals surface area contributed by atoms with Crippen molar-refractivity contribution in [3.05, 3.63) is 69.7 Å². The van der Waals surface area contributed by atoms with E-state index in [-0.39, 0.29) is 24.3 Å². The number of carbonyl (C=O) groups excluding carboxylic acids is 2. The van der Waals surface area contributed by atoms with Gasteiger partial charge in [-0.25, -0.2) is 0 Å². The number of rotatable bonds is 8. The lowest BCUT2D eigenvalue weighted by atomic mass is 10.1. The second kappa shape index (κ2) is 10.5. The van der Waals surface area contributed by atoms with Gasteiger partial charge in [0.15, 0.2) is 0 Å². The van der Waals surface area contributed by atoms with Crippen LogP contribution in [0.2, 0.25) is 10.0 Å². The molecule has 0 aliphatic carbocycles. The van der Waals surface area contributed by atoms with Gasteiger partial charge in [0.05, 0.1) is 6.42 Å². The van der Waals surface area contributed by atoms with Crippen LogP contribution in [0.5, 0.6) is 0 Å². The highest BCUT2D eigenvalue weighted by molar-refractivity contribution is 6.35. The highest BCUT2D eigenvalue weighted by Gasteiger charge is 2.26. The second-order valence-corrected chi connectivity index (χ2v) is 7.92. The van der Waals surface area contributed by atoms with Crippen molar-refractivity contribution in [2.45, 2.75) is 45.7 Å². The molecule has 0 saturated carbocycles. The molecule has 0 saturated heterocycles. The molecule has 1 atom stereocenters. The van der Waals surface area contributed by atoms with E-state index in [4.69, 9.17) is 23.2 Å². The Morgan fingerprint density at radius 1 is 1.04 bits per heavy atom. The van der Waals surface area contributed by atoms with Crippen LogP contribution in [0.25, 0.3) is 0 Å². The average molecular weight is 421 g/mol. The lowest BCUT2D eigenvalue weighted by Crippen LogP contribution is -2.50. The van der Waals surface area contributed by atoms with Gasteiger partial charge in [-0.2, -0.15) is 0 Å². The SMILES string of the molecule is CC(C)NC(=O)[C@@H](C)N(CCc1ccccc1)C(=O)Cc1ccc(Cl)cc1Cl. The number of hydrogen-bond acceptors (Lipinski definition) is 2. The number of hydrogen-bond donors (Lipinski definition) is 1. The van der Waals surface area contributed by atoms with Crippen LogP contribution in [-0.2, 0) is 22.4 Å². The predicted octanol–water partition coefficient (Wildman–Crippen LogP) is 4.52. The van der Waals surface area contributed by atoms with Gasteiger partial charge in [0.1, 0.15) is 6.04 Å². The first kappa shape index (κ1) is 22.3. The van der Waals surface area contributed by atoms with Gasteiger partial charge in [0.2, 0.25) is 11.8 Å². The molecule has 0 unspecified atom stereocenters. The maximum atomic E-state index is 13.1. The largest absolute Gasteiger partial charge is 0.352 e. The zero-order valence-corrected chi connectivity index (χ0v) is 17.9. The summed E-state index contributed by atoms with van der Waals surface area (Å²) in [5, 5.41) is 3.85. The summed E-state index contributed by atoms with van der Waals surface area (Å²) in [6.45, 7) is 5.99. The zero-order chi connectivity index (χ0) is 20.7. The fourth-order valence-electron chi connectivity index (χ4n) is 2.90. The first-order valence-corrected chi connectivity index (χ1v) is 10.1. The van der Waals surface area contributed by atoms with Crippen molar-refractivity contribution >= 4 is 35.0 Å². The molecule has 0 radical (unpaired) electrons. The Morgan fingerprint density at radius 2 is 1.71 bits per heavy atom. The van der Waals surface area contributed by atoms with Crippen LogP contribution in [0, 0.1) is 0 Å². The summed E-state index contributed by atoms with van der Waals surface area (Å²) in [4.78, 5) is 27.2. The van der Waals surface area contributed by atoms with Gasteiger partial charge < -0.3 is 10.2 Å². The molecule has 2 amide bonds. The highest BCUT2D eigenvalue weighted by Crippen LogP contribution is 2.22. The fraction of sp³-hybridized carbons (Fsp3) is 0.364. The zero-order valence-electron chi connectivity index (χ0n) is 16.4. The normalized spacial score (nSPS) is 11.9. The van der Waals surface area contributed by atoms with Crippen molar-refractivity contribution in [1.29, 1.82) is 0 Å². The predicted molar refractivity (Wildman–Crippen MR) is 115 cm³/mol. The smallest absolute Gasteiger partial charge is 0.242 e. The van der Waals surface area contributed by atoms with Gasteiger partial charge >= 0.3 is 0 Å². The van der Waals surface area contributed by atoms with Gasteiger partial charge in [-0.1, -0.05) is 59.6 Å². The van der Waals surface area contributed by atoms with Crippen LogP contribution in [0.4, 0.5) is 0 Å². The minimum absolute atomic E-state index is 0.00624. The van der Waals surface area contributed by atoms with Gasteiger partial charge in [-0.3, -0.25) is 9.59 Å². The minimum atomic E-state index is -0.579. The molecule has 2 aromatic carbocycles. The van der Waals surface area contributed by atoms with E-state index < -0.39 is 6.04 Å². The van der Waals surface area contributed by atoms with E-state index in [9.17, 15) is 9.59 Å². The van der Waals surface area contributed by atoms with E-state index in [0.717, 1.165) is 5.56 Å². The fourth-order valence-corrected chi connectivity index (χ4v) is 3.38.